The normalized spacial score (nSPS) is 11.9. The molecule has 4 aromatic rings. The molecule has 1 atom stereocenters. The lowest BCUT2D eigenvalue weighted by atomic mass is 10.0. The van der Waals surface area contributed by atoms with Gasteiger partial charge < -0.3 is 10.2 Å². The van der Waals surface area contributed by atoms with E-state index in [4.69, 9.17) is 0 Å². The summed E-state index contributed by atoms with van der Waals surface area (Å²) in [4.78, 5) is 29.4. The first-order valence-electron chi connectivity index (χ1n) is 13.4. The van der Waals surface area contributed by atoms with Crippen molar-refractivity contribution < 1.29 is 18.0 Å². The number of benzene rings is 4. The Hall–Kier alpha value is -3.47. The molecule has 0 aliphatic carbocycles. The largest absolute Gasteiger partial charge is 0.355 e. The van der Waals surface area contributed by atoms with Crippen molar-refractivity contribution >= 4 is 59.4 Å². The molecule has 0 spiro atoms. The van der Waals surface area contributed by atoms with Crippen molar-refractivity contribution in [3.05, 3.63) is 129 Å². The maximum atomic E-state index is 14.3. The summed E-state index contributed by atoms with van der Waals surface area (Å²) in [7, 11) is -4.14. The van der Waals surface area contributed by atoms with Crippen molar-refractivity contribution in [3.63, 3.8) is 0 Å². The highest BCUT2D eigenvalue weighted by Crippen LogP contribution is 2.27. The summed E-state index contributed by atoms with van der Waals surface area (Å²) in [5.74, 6) is -0.828. The third-order valence-corrected chi connectivity index (χ3v) is 9.34. The van der Waals surface area contributed by atoms with E-state index in [-0.39, 0.29) is 23.8 Å². The number of likely N-dealkylation sites (N-methyl/N-ethyl adjacent to an activating group) is 1. The summed E-state index contributed by atoms with van der Waals surface area (Å²) >= 11 is 6.91. The topological polar surface area (TPSA) is 86.8 Å². The first-order valence-corrected chi connectivity index (χ1v) is 16.4. The van der Waals surface area contributed by atoms with Crippen LogP contribution in [0.4, 0.5) is 5.69 Å². The van der Waals surface area contributed by atoms with E-state index in [0.717, 1.165) is 19.9 Å². The molecule has 0 radical (unpaired) electrons. The molecular formula is C32H31Br2N3O4S. The molecule has 0 saturated carbocycles. The van der Waals surface area contributed by atoms with Gasteiger partial charge in [0.2, 0.25) is 11.8 Å². The number of carbonyl (C=O) groups is 2. The minimum Gasteiger partial charge on any atom is -0.355 e. The maximum Gasteiger partial charge on any atom is 0.264 e. The van der Waals surface area contributed by atoms with E-state index in [1.54, 1.807) is 42.5 Å². The number of sulfonamides is 1. The van der Waals surface area contributed by atoms with Gasteiger partial charge in [0.15, 0.2) is 0 Å². The molecule has 218 valence electrons. The summed E-state index contributed by atoms with van der Waals surface area (Å²) in [5, 5.41) is 2.87. The molecule has 0 unspecified atom stereocenters. The average Bonchev–Trinajstić information content (AvgIpc) is 2.98. The number of carbonyl (C=O) groups excluding carboxylic acids is 2. The van der Waals surface area contributed by atoms with Gasteiger partial charge in [-0.1, -0.05) is 98.6 Å². The van der Waals surface area contributed by atoms with Crippen LogP contribution in [0.1, 0.15) is 18.1 Å². The zero-order valence-electron chi connectivity index (χ0n) is 23.0. The van der Waals surface area contributed by atoms with Gasteiger partial charge in [0.1, 0.15) is 12.6 Å². The predicted molar refractivity (Wildman–Crippen MR) is 172 cm³/mol. The highest BCUT2D eigenvalue weighted by Gasteiger charge is 2.34. The Kier molecular flexibility index (Phi) is 11.0. The molecule has 0 fully saturated rings. The second kappa shape index (κ2) is 14.6. The van der Waals surface area contributed by atoms with Crippen LogP contribution in [0.25, 0.3) is 0 Å². The summed E-state index contributed by atoms with van der Waals surface area (Å²) in [5.41, 5.74) is 1.99. The highest BCUT2D eigenvalue weighted by atomic mass is 79.9. The summed E-state index contributed by atoms with van der Waals surface area (Å²) in [6.45, 7) is 1.80. The van der Waals surface area contributed by atoms with Crippen molar-refractivity contribution in [2.24, 2.45) is 0 Å². The zero-order valence-corrected chi connectivity index (χ0v) is 27.0. The van der Waals surface area contributed by atoms with Crippen LogP contribution in [0.15, 0.2) is 123 Å². The SMILES string of the molecule is CCNC(=O)[C@H](Cc1ccccc1)N(Cc1cccc(Br)c1)C(=O)CN(c1cccc(Br)c1)S(=O)(=O)c1ccccc1. The van der Waals surface area contributed by atoms with Crippen LogP contribution >= 0.6 is 31.9 Å². The van der Waals surface area contributed by atoms with E-state index in [1.165, 1.54) is 17.0 Å². The Morgan fingerprint density at radius 1 is 0.786 bits per heavy atom. The molecule has 1 N–H and O–H groups in total. The van der Waals surface area contributed by atoms with E-state index in [0.29, 0.717) is 16.7 Å². The second-order valence-electron chi connectivity index (χ2n) is 9.56. The van der Waals surface area contributed by atoms with Crippen LogP contribution in [0.3, 0.4) is 0 Å². The minimum absolute atomic E-state index is 0.0564. The molecule has 0 heterocycles. The number of rotatable bonds is 12. The van der Waals surface area contributed by atoms with E-state index >= 15 is 0 Å². The second-order valence-corrected chi connectivity index (χ2v) is 13.2. The van der Waals surface area contributed by atoms with Gasteiger partial charge in [-0.3, -0.25) is 13.9 Å². The molecule has 2 amide bonds. The zero-order chi connectivity index (χ0) is 30.1. The number of hydrogen-bond acceptors (Lipinski definition) is 4. The molecule has 0 bridgehead atoms. The van der Waals surface area contributed by atoms with Gasteiger partial charge in [0.05, 0.1) is 10.6 Å². The molecule has 0 aliphatic rings. The van der Waals surface area contributed by atoms with E-state index < -0.39 is 28.5 Å². The molecule has 4 rings (SSSR count). The number of nitrogens with one attached hydrogen (secondary N) is 1. The minimum atomic E-state index is -4.14. The van der Waals surface area contributed by atoms with Gasteiger partial charge in [-0.15, -0.1) is 0 Å². The van der Waals surface area contributed by atoms with Crippen molar-refractivity contribution in [3.8, 4) is 0 Å². The van der Waals surface area contributed by atoms with Crippen molar-refractivity contribution in [1.29, 1.82) is 0 Å². The lowest BCUT2D eigenvalue weighted by molar-refractivity contribution is -0.140. The van der Waals surface area contributed by atoms with Crippen LogP contribution in [0.5, 0.6) is 0 Å². The van der Waals surface area contributed by atoms with Gasteiger partial charge >= 0.3 is 0 Å². The Balaban J connectivity index is 1.79. The van der Waals surface area contributed by atoms with Gasteiger partial charge in [-0.25, -0.2) is 8.42 Å². The van der Waals surface area contributed by atoms with E-state index in [9.17, 15) is 18.0 Å². The summed E-state index contributed by atoms with van der Waals surface area (Å²) in [6.07, 6.45) is 0.259. The van der Waals surface area contributed by atoms with Gasteiger partial charge in [-0.2, -0.15) is 0 Å². The van der Waals surface area contributed by atoms with Gasteiger partial charge in [0.25, 0.3) is 10.0 Å². The maximum absolute atomic E-state index is 14.3. The third-order valence-electron chi connectivity index (χ3n) is 6.57. The van der Waals surface area contributed by atoms with E-state index in [1.807, 2.05) is 61.5 Å². The summed E-state index contributed by atoms with van der Waals surface area (Å²) < 4.78 is 30.5. The lowest BCUT2D eigenvalue weighted by Gasteiger charge is -2.34. The predicted octanol–water partition coefficient (Wildman–Crippen LogP) is 6.18. The Labute approximate surface area is 263 Å². The number of amides is 2. The molecule has 0 aromatic heterocycles. The first kappa shape index (κ1) is 31.5. The third kappa shape index (κ3) is 8.08. The number of nitrogens with zero attached hydrogens (tertiary/aromatic N) is 2. The van der Waals surface area contributed by atoms with Crippen LogP contribution in [-0.2, 0) is 32.6 Å². The van der Waals surface area contributed by atoms with Crippen LogP contribution in [-0.4, -0.2) is 44.3 Å². The molecule has 0 saturated heterocycles. The van der Waals surface area contributed by atoms with Crippen LogP contribution in [0.2, 0.25) is 0 Å². The molecular weight excluding hydrogens is 682 g/mol. The monoisotopic (exact) mass is 711 g/mol. The fourth-order valence-electron chi connectivity index (χ4n) is 4.56. The molecule has 7 nitrogen and oxygen atoms in total. The fourth-order valence-corrected chi connectivity index (χ4v) is 6.82. The van der Waals surface area contributed by atoms with E-state index in [2.05, 4.69) is 37.2 Å². The Morgan fingerprint density at radius 2 is 1.38 bits per heavy atom. The molecule has 0 aliphatic heterocycles. The summed E-state index contributed by atoms with van der Waals surface area (Å²) in [6, 6.07) is 30.8. The highest BCUT2D eigenvalue weighted by molar-refractivity contribution is 9.10. The number of hydrogen-bond donors (Lipinski definition) is 1. The Morgan fingerprint density at radius 3 is 2.00 bits per heavy atom. The Bertz CT molecular complexity index is 1620. The quantitative estimate of drug-likeness (QED) is 0.190. The standard InChI is InChI=1S/C32H31Br2N3O4S/c1-2-35-32(39)30(20-24-11-5-3-6-12-24)36(22-25-13-9-14-26(33)19-25)31(38)23-37(28-16-10-15-27(34)21-28)42(40,41)29-17-7-4-8-18-29/h3-19,21,30H,2,20,22-23H2,1H3,(H,35,39)/t30-/m0/s1. The number of anilines is 1. The number of halogens is 2. The first-order chi connectivity index (χ1) is 20.2. The lowest BCUT2D eigenvalue weighted by Crippen LogP contribution is -2.53. The van der Waals surface area contributed by atoms with Crippen LogP contribution in [0, 0.1) is 0 Å². The molecule has 42 heavy (non-hydrogen) atoms. The smallest absolute Gasteiger partial charge is 0.264 e. The van der Waals surface area contributed by atoms with Crippen LogP contribution < -0.4 is 9.62 Å². The van der Waals surface area contributed by atoms with Crippen molar-refractivity contribution in [2.75, 3.05) is 17.4 Å². The van der Waals surface area contributed by atoms with Crippen molar-refractivity contribution in [1.82, 2.24) is 10.2 Å². The van der Waals surface area contributed by atoms with Gasteiger partial charge in [0, 0.05) is 28.5 Å². The average molecular weight is 713 g/mol. The molecule has 10 heteroatoms. The van der Waals surface area contributed by atoms with Crippen molar-refractivity contribution in [2.45, 2.75) is 30.8 Å². The van der Waals surface area contributed by atoms with Gasteiger partial charge in [-0.05, 0) is 60.5 Å². The molecule has 4 aromatic carbocycles. The fraction of sp³-hybridized carbons (Fsp3) is 0.188.